The van der Waals surface area contributed by atoms with Gasteiger partial charge in [-0.1, -0.05) is 18.7 Å². The lowest BCUT2D eigenvalue weighted by atomic mass is 9.88. The lowest BCUT2D eigenvalue weighted by Gasteiger charge is -2.15. The zero-order valence-electron chi connectivity index (χ0n) is 8.38. The Labute approximate surface area is 80.5 Å². The second kappa shape index (κ2) is 5.00. The zero-order valence-corrected chi connectivity index (χ0v) is 8.38. The van der Waals surface area contributed by atoms with E-state index >= 15 is 0 Å². The monoisotopic (exact) mass is 178 g/mol. The average molecular weight is 178 g/mol. The molecule has 0 aromatic heterocycles. The average Bonchev–Trinajstić information content (AvgIpc) is 2.02. The maximum absolute atomic E-state index is 11.6. The molecule has 1 aliphatic carbocycles. The zero-order chi connectivity index (χ0) is 9.68. The Morgan fingerprint density at radius 3 is 2.69 bits per heavy atom. The number of carbonyl (C=O) groups excluding carboxylic acids is 1. The van der Waals surface area contributed by atoms with E-state index in [1.165, 1.54) is 0 Å². The summed E-state index contributed by atoms with van der Waals surface area (Å²) in [4.78, 5) is 11.6. The first-order chi connectivity index (χ1) is 6.22. The van der Waals surface area contributed by atoms with Gasteiger partial charge < -0.3 is 0 Å². The number of Topliss-reactive ketones (excluding diaryl/α,β-unsaturated/α-hetero) is 1. The highest BCUT2D eigenvalue weighted by Crippen LogP contribution is 2.21. The van der Waals surface area contributed by atoms with Crippen LogP contribution in [0, 0.1) is 5.92 Å². The molecule has 1 nitrogen and oxygen atoms in total. The Morgan fingerprint density at radius 1 is 1.31 bits per heavy atom. The van der Waals surface area contributed by atoms with Crippen LogP contribution in [-0.4, -0.2) is 5.78 Å². The summed E-state index contributed by atoms with van der Waals surface area (Å²) in [6.07, 6.45) is 9.77. The van der Waals surface area contributed by atoms with Crippen molar-refractivity contribution < 1.29 is 4.79 Å². The first-order valence-electron chi connectivity index (χ1n) is 5.06. The molecule has 0 aromatic carbocycles. The molecule has 0 amide bonds. The first-order valence-corrected chi connectivity index (χ1v) is 5.06. The SMILES string of the molecule is C=C(C)C(=O)C1CC/C=C\CCC1. The molecule has 0 aromatic rings. The van der Waals surface area contributed by atoms with Crippen LogP contribution in [-0.2, 0) is 4.79 Å². The van der Waals surface area contributed by atoms with E-state index in [1.807, 2.05) is 6.92 Å². The van der Waals surface area contributed by atoms with Gasteiger partial charge in [0.25, 0.3) is 0 Å². The fraction of sp³-hybridized carbons (Fsp3) is 0.583. The summed E-state index contributed by atoms with van der Waals surface area (Å²) in [5, 5.41) is 0. The minimum absolute atomic E-state index is 0.238. The van der Waals surface area contributed by atoms with Crippen molar-refractivity contribution in [3.05, 3.63) is 24.3 Å². The summed E-state index contributed by atoms with van der Waals surface area (Å²) in [6.45, 7) is 5.53. The Bertz CT molecular complexity index is 225. The molecule has 0 aliphatic heterocycles. The Kier molecular flexibility index (Phi) is 3.94. The van der Waals surface area contributed by atoms with Crippen molar-refractivity contribution in [2.45, 2.75) is 39.0 Å². The minimum Gasteiger partial charge on any atom is -0.294 e. The van der Waals surface area contributed by atoms with Gasteiger partial charge in [-0.15, -0.1) is 0 Å². The fourth-order valence-electron chi connectivity index (χ4n) is 1.77. The van der Waals surface area contributed by atoms with Crippen molar-refractivity contribution in [2.24, 2.45) is 5.92 Å². The highest BCUT2D eigenvalue weighted by molar-refractivity contribution is 5.95. The van der Waals surface area contributed by atoms with Crippen molar-refractivity contribution in [1.82, 2.24) is 0 Å². The molecule has 1 atom stereocenters. The van der Waals surface area contributed by atoms with Crippen molar-refractivity contribution in [2.75, 3.05) is 0 Å². The van der Waals surface area contributed by atoms with Gasteiger partial charge in [-0.2, -0.15) is 0 Å². The van der Waals surface area contributed by atoms with E-state index in [2.05, 4.69) is 18.7 Å². The van der Waals surface area contributed by atoms with Crippen molar-refractivity contribution >= 4 is 5.78 Å². The summed E-state index contributed by atoms with van der Waals surface area (Å²) in [5.74, 6) is 0.512. The van der Waals surface area contributed by atoms with Crippen LogP contribution in [0.25, 0.3) is 0 Å². The van der Waals surface area contributed by atoms with Crippen LogP contribution in [0.5, 0.6) is 0 Å². The topological polar surface area (TPSA) is 17.1 Å². The third-order valence-corrected chi connectivity index (χ3v) is 2.56. The molecule has 72 valence electrons. The smallest absolute Gasteiger partial charge is 0.161 e. The van der Waals surface area contributed by atoms with Crippen molar-refractivity contribution in [1.29, 1.82) is 0 Å². The fourth-order valence-corrected chi connectivity index (χ4v) is 1.77. The summed E-state index contributed by atoms with van der Waals surface area (Å²) in [6, 6.07) is 0. The third kappa shape index (κ3) is 3.17. The minimum atomic E-state index is 0.238. The van der Waals surface area contributed by atoms with E-state index in [4.69, 9.17) is 0 Å². The molecule has 0 radical (unpaired) electrons. The Balaban J connectivity index is 2.53. The van der Waals surface area contributed by atoms with E-state index in [0.29, 0.717) is 0 Å². The molecule has 13 heavy (non-hydrogen) atoms. The number of hydrogen-bond donors (Lipinski definition) is 0. The van der Waals surface area contributed by atoms with Gasteiger partial charge in [-0.05, 0) is 44.6 Å². The van der Waals surface area contributed by atoms with E-state index in [1.54, 1.807) is 0 Å². The molecule has 0 bridgehead atoms. The molecule has 0 spiro atoms. The van der Waals surface area contributed by atoms with Gasteiger partial charge in [-0.3, -0.25) is 4.79 Å². The molecule has 0 saturated heterocycles. The number of carbonyl (C=O) groups is 1. The Morgan fingerprint density at radius 2 is 2.00 bits per heavy atom. The van der Waals surface area contributed by atoms with E-state index in [0.717, 1.165) is 37.7 Å². The van der Waals surface area contributed by atoms with Crippen LogP contribution >= 0.6 is 0 Å². The Hall–Kier alpha value is -0.850. The van der Waals surface area contributed by atoms with Crippen LogP contribution in [0.1, 0.15) is 39.0 Å². The van der Waals surface area contributed by atoms with Gasteiger partial charge in [0, 0.05) is 5.92 Å². The molecule has 1 unspecified atom stereocenters. The third-order valence-electron chi connectivity index (χ3n) is 2.56. The first kappa shape index (κ1) is 10.2. The largest absolute Gasteiger partial charge is 0.294 e. The predicted octanol–water partition coefficient (Wildman–Crippen LogP) is 3.27. The van der Waals surface area contributed by atoms with Crippen LogP contribution in [0.2, 0.25) is 0 Å². The maximum Gasteiger partial charge on any atom is 0.161 e. The summed E-state index contributed by atoms with van der Waals surface area (Å²) >= 11 is 0. The number of rotatable bonds is 2. The van der Waals surface area contributed by atoms with Gasteiger partial charge in [-0.25, -0.2) is 0 Å². The van der Waals surface area contributed by atoms with Crippen LogP contribution < -0.4 is 0 Å². The highest BCUT2D eigenvalue weighted by atomic mass is 16.1. The summed E-state index contributed by atoms with van der Waals surface area (Å²) in [7, 11) is 0. The van der Waals surface area contributed by atoms with Gasteiger partial charge in [0.2, 0.25) is 0 Å². The normalized spacial score (nSPS) is 25.8. The number of hydrogen-bond acceptors (Lipinski definition) is 1. The van der Waals surface area contributed by atoms with Gasteiger partial charge in [0.15, 0.2) is 5.78 Å². The van der Waals surface area contributed by atoms with Gasteiger partial charge in [0.05, 0.1) is 0 Å². The molecule has 1 aliphatic rings. The molecular formula is C12H18O. The molecule has 0 saturated carbocycles. The number of allylic oxidation sites excluding steroid dienone is 3. The molecule has 1 rings (SSSR count). The van der Waals surface area contributed by atoms with Crippen LogP contribution in [0.15, 0.2) is 24.3 Å². The van der Waals surface area contributed by atoms with Crippen molar-refractivity contribution in [3.8, 4) is 0 Å². The lowest BCUT2D eigenvalue weighted by molar-refractivity contribution is -0.119. The van der Waals surface area contributed by atoms with Crippen molar-refractivity contribution in [3.63, 3.8) is 0 Å². The molecule has 1 heteroatoms. The molecule has 0 fully saturated rings. The van der Waals surface area contributed by atoms with Crippen LogP contribution in [0.3, 0.4) is 0 Å². The summed E-state index contributed by atoms with van der Waals surface area (Å²) in [5.41, 5.74) is 0.717. The van der Waals surface area contributed by atoms with E-state index in [9.17, 15) is 4.79 Å². The van der Waals surface area contributed by atoms with Gasteiger partial charge in [0.1, 0.15) is 0 Å². The summed E-state index contributed by atoms with van der Waals surface area (Å²) < 4.78 is 0. The van der Waals surface area contributed by atoms with Gasteiger partial charge >= 0.3 is 0 Å². The quantitative estimate of drug-likeness (QED) is 0.468. The highest BCUT2D eigenvalue weighted by Gasteiger charge is 2.17. The van der Waals surface area contributed by atoms with E-state index in [-0.39, 0.29) is 11.7 Å². The van der Waals surface area contributed by atoms with Crippen LogP contribution in [0.4, 0.5) is 0 Å². The van der Waals surface area contributed by atoms with E-state index < -0.39 is 0 Å². The second-order valence-electron chi connectivity index (χ2n) is 3.82. The lowest BCUT2D eigenvalue weighted by Crippen LogP contribution is -2.15. The number of ketones is 1. The maximum atomic E-state index is 11.6. The molecule has 0 heterocycles. The second-order valence-corrected chi connectivity index (χ2v) is 3.82. The predicted molar refractivity (Wildman–Crippen MR) is 55.5 cm³/mol. The molecular weight excluding hydrogens is 160 g/mol. The standard InChI is InChI=1S/C12H18O/c1-10(2)12(13)11-8-6-4-3-5-7-9-11/h3-4,11H,1,5-9H2,2H3/b4-3-. The molecule has 0 N–H and O–H groups in total.